The van der Waals surface area contributed by atoms with Gasteiger partial charge in [-0.25, -0.2) is 14.4 Å². The highest BCUT2D eigenvalue weighted by Gasteiger charge is 2.61. The van der Waals surface area contributed by atoms with Crippen LogP contribution in [0.25, 0.3) is 0 Å². The van der Waals surface area contributed by atoms with Crippen molar-refractivity contribution in [3.63, 3.8) is 0 Å². The van der Waals surface area contributed by atoms with Gasteiger partial charge in [-0.15, -0.1) is 0 Å². The number of aliphatic hydroxyl groups is 2. The van der Waals surface area contributed by atoms with Crippen molar-refractivity contribution >= 4 is 160 Å². The summed E-state index contributed by atoms with van der Waals surface area (Å²) in [6.45, 7) is 9.85. The highest BCUT2D eigenvalue weighted by Crippen LogP contribution is 2.40. The molecule has 7 rings (SSSR count). The van der Waals surface area contributed by atoms with E-state index in [4.69, 9.17) is 58.5 Å². The number of carbonyl (C=O) groups is 24. The van der Waals surface area contributed by atoms with E-state index in [0.29, 0.717) is 31.4 Å². The normalized spacial score (nSPS) is 25.1. The first-order valence-electron chi connectivity index (χ1n) is 48.5. The third-order valence-electron chi connectivity index (χ3n) is 25.1. The first kappa shape index (κ1) is 122. The van der Waals surface area contributed by atoms with Gasteiger partial charge in [0, 0.05) is 99.0 Å². The van der Waals surface area contributed by atoms with Crippen molar-refractivity contribution in [3.05, 3.63) is 0 Å². The van der Waals surface area contributed by atoms with Crippen molar-refractivity contribution in [2.24, 2.45) is 11.7 Å². The molecule has 0 aromatic rings. The molecule has 22 N–H and O–H groups in total. The van der Waals surface area contributed by atoms with Gasteiger partial charge in [-0.1, -0.05) is 20.3 Å². The number of rotatable bonds is 53. The number of carbonyl (C=O) groups excluding carboxylic acids is 21. The van der Waals surface area contributed by atoms with Gasteiger partial charge in [-0.2, -0.15) is 11.8 Å². The molecule has 7 aliphatic heterocycles. The number of thioether (sulfide) groups is 1. The number of nitrogens with one attached hydrogen (secondary N) is 15. The third-order valence-corrected chi connectivity index (χ3v) is 26.6. The minimum absolute atomic E-state index is 0.00681. The largest absolute Gasteiger partial charge is 0.481 e. The van der Waals surface area contributed by atoms with Gasteiger partial charge in [-0.05, 0) is 97.8 Å². The van der Waals surface area contributed by atoms with Gasteiger partial charge in [0.2, 0.25) is 82.7 Å². The minimum Gasteiger partial charge on any atom is -0.481 e. The summed E-state index contributed by atoms with van der Waals surface area (Å²) in [6.07, 6.45) is -21.1. The SMILES string of the molecule is CC(=O)N[C@H]1[C@@H](O[C@H](C)[C@H](NC(=O)[C@@H](NC(=O)CNC(=O)CCCC[C@@H]2SC[C@@H]3NC(=O)N[C@@H]32)C(C)C)C(=O)N[C@@H](CO)C(=O)N[C@@H](C)C(=O)N2CCC[C@H]2C(=O)N[C@@H](CC(=O)O)C(=O)N[C@H](C(=O)N[C@@H](CCCNC(=N)N)C(=O)N2CCC[C@H]2C(=O)N[C@@H](C)C(=O)N2CCC[C@H]2C(=O)O)[C@@H](C)O)O[C@H](CO[C@]2(C(=O)O)C[C@H](OC(C)=O)[C@@H](NC(C)=O)[C@H]([C@H](OC(C)=O)[C@@H](COC(C)=O)OC(C)=O)O2)[C@H](OC(C)=O)[C@@H]1OC(C)=O. The number of nitrogens with two attached hydrogens (primary N) is 1. The van der Waals surface area contributed by atoms with Gasteiger partial charge in [0.15, 0.2) is 36.7 Å². The maximum absolute atomic E-state index is 15.4. The van der Waals surface area contributed by atoms with Gasteiger partial charge in [0.05, 0.1) is 62.9 Å². The van der Waals surface area contributed by atoms with E-state index in [2.05, 4.69) is 74.4 Å². The molecule has 7 heterocycles. The van der Waals surface area contributed by atoms with Crippen LogP contribution in [0, 0.1) is 11.3 Å². The molecular weight excluding hydrogens is 2000 g/mol. The number of aliphatic hydroxyl groups excluding tert-OH is 2. The number of guanidine groups is 1. The maximum atomic E-state index is 15.4. The van der Waals surface area contributed by atoms with E-state index in [-0.39, 0.29) is 101 Å². The van der Waals surface area contributed by atoms with Crippen LogP contribution in [0.1, 0.15) is 187 Å². The Bertz CT molecular complexity index is 4920. The quantitative estimate of drug-likeness (QED) is 0.00671. The number of hydrogen-bond donors (Lipinski definition) is 21. The number of likely N-dealkylation sites (tertiary alicyclic amines) is 3. The van der Waals surface area contributed by atoms with E-state index in [0.717, 1.165) is 90.9 Å². The molecule has 0 spiro atoms. The monoisotopic (exact) mass is 2140 g/mol. The summed E-state index contributed by atoms with van der Waals surface area (Å²) in [7, 11) is 0. The minimum atomic E-state index is -3.31. The molecule has 0 unspecified atom stereocenters. The number of nitrogens with zero attached hydrogens (tertiary/aromatic N) is 3. The Morgan fingerprint density at radius 1 is 0.570 bits per heavy atom. The smallest absolute Gasteiger partial charge is 0.364 e. The van der Waals surface area contributed by atoms with Gasteiger partial charge in [0.1, 0.15) is 97.4 Å². The molecule has 0 aliphatic carbocycles. The van der Waals surface area contributed by atoms with E-state index in [1.165, 1.54) is 20.8 Å². The Balaban J connectivity index is 1.16. The second kappa shape index (κ2) is 56.7. The molecule has 0 aromatic carbocycles. The Hall–Kier alpha value is -13.5. The highest BCUT2D eigenvalue weighted by molar-refractivity contribution is 8.00. The molecule has 7 saturated heterocycles. The fraction of sp³-hybridized carbons (Fsp3) is 0.722. The van der Waals surface area contributed by atoms with E-state index >= 15 is 9.59 Å². The second-order valence-corrected chi connectivity index (χ2v) is 38.5. The van der Waals surface area contributed by atoms with Gasteiger partial charge >= 0.3 is 59.8 Å². The van der Waals surface area contributed by atoms with Crippen molar-refractivity contribution in [2.45, 2.75) is 350 Å². The van der Waals surface area contributed by atoms with Crippen LogP contribution in [0.3, 0.4) is 0 Å². The Labute approximate surface area is 858 Å². The van der Waals surface area contributed by atoms with Crippen LogP contribution in [0.5, 0.6) is 0 Å². The number of urea groups is 1. The van der Waals surface area contributed by atoms with Crippen LogP contribution in [-0.4, -0.2) is 410 Å². The van der Waals surface area contributed by atoms with E-state index in [1.54, 1.807) is 11.8 Å². The van der Waals surface area contributed by atoms with Gasteiger partial charge in [-0.3, -0.25) is 106 Å². The summed E-state index contributed by atoms with van der Waals surface area (Å²) in [5.74, 6) is -30.8. The first-order chi connectivity index (χ1) is 70.0. The lowest BCUT2D eigenvalue weighted by Gasteiger charge is -2.49. The average Bonchev–Trinajstić information content (AvgIpc) is 1.59. The molecule has 7 fully saturated rings. The number of hydrogen-bond acceptors (Lipinski definition) is 38. The molecule has 0 aromatic heterocycles. The lowest BCUT2D eigenvalue weighted by molar-refractivity contribution is -0.334. The molecule has 16 amide bonds. The zero-order valence-corrected chi connectivity index (χ0v) is 85.6. The highest BCUT2D eigenvalue weighted by atomic mass is 32.2. The molecule has 149 heavy (non-hydrogen) atoms. The molecular formula is C90H137N19O39S. The summed E-state index contributed by atoms with van der Waals surface area (Å²) in [4.78, 5) is 330. The van der Waals surface area contributed by atoms with E-state index in [9.17, 15) is 131 Å². The first-order valence-corrected chi connectivity index (χ1v) is 49.5. The number of carboxylic acid groups (broad SMARTS) is 3. The number of amides is 16. The lowest BCUT2D eigenvalue weighted by atomic mass is 9.88. The summed E-state index contributed by atoms with van der Waals surface area (Å²) < 4.78 is 58.5. The van der Waals surface area contributed by atoms with E-state index < -0.39 is 333 Å². The predicted molar refractivity (Wildman–Crippen MR) is 505 cm³/mol. The maximum Gasteiger partial charge on any atom is 0.364 e. The van der Waals surface area contributed by atoms with Crippen LogP contribution in [0.4, 0.5) is 4.79 Å². The van der Waals surface area contributed by atoms with Crippen molar-refractivity contribution in [1.29, 1.82) is 5.41 Å². The van der Waals surface area contributed by atoms with Crippen molar-refractivity contribution < 1.29 is 188 Å². The zero-order valence-electron chi connectivity index (χ0n) is 84.8. The van der Waals surface area contributed by atoms with Crippen molar-refractivity contribution in [1.82, 2.24) is 89.1 Å². The number of carboxylic acids is 3. The molecule has 58 nitrogen and oxygen atoms in total. The molecule has 0 saturated carbocycles. The topological polar surface area (TPSA) is 831 Å². The number of aliphatic carboxylic acids is 3. The van der Waals surface area contributed by atoms with Gasteiger partial charge in [0.25, 0.3) is 5.79 Å². The fourth-order valence-electron chi connectivity index (χ4n) is 18.2. The Kier molecular flexibility index (Phi) is 46.6. The summed E-state index contributed by atoms with van der Waals surface area (Å²) in [5.41, 5.74) is 5.48. The summed E-state index contributed by atoms with van der Waals surface area (Å²) >= 11 is 1.67. The Morgan fingerprint density at radius 2 is 1.11 bits per heavy atom. The number of fused-ring (bicyclic) bond motifs is 1. The van der Waals surface area contributed by atoms with Gasteiger partial charge < -0.3 is 168 Å². The van der Waals surface area contributed by atoms with Crippen molar-refractivity contribution in [3.8, 4) is 0 Å². The third kappa shape index (κ3) is 35.6. The zero-order chi connectivity index (χ0) is 111. The van der Waals surface area contributed by atoms with Crippen LogP contribution in [0.15, 0.2) is 0 Å². The summed E-state index contributed by atoms with van der Waals surface area (Å²) in [6, 6.07) is -23.1. The molecule has 0 bridgehead atoms. The molecule has 27 atom stereocenters. The number of esters is 6. The standard InChI is InChI=1S/C90H137N19O39S/c1-38(2)65(103-63(121)33-94-62(120)26-16-15-25-61-68-54(37-149-61)102-89(138)106-68)79(128)105-67(42(6)141-86-70(98-44(8)113)73(146-50(14)119)71(144-48(12)117)60(147-86)36-140-90(87(136)137)32-58(142-46(10)115)69(97-43(7)112)74(148-90)72(145-49(13)118)59(143-47(11)116)35-139-45(9)114)81(130)101-53(34-110)76(125)95-39(3)82(131)107-28-18-23-56(107)78(127)100-52(31-64(122)123)75(124)104-66(41(5)111)80(129)99-51(21-17-27-93-88(91)92)84(133)108-29-19-22-55(108)77(126)96-40(4)83(132)109-30-20-24-57(109)85(134)135/h38-42,51-61,65-74,86,110-111H,15-37H2,1-14H3,(H,94,120)(H,95,125)(H,96,126)(H,97,112)(H,98,113)(H,99,129)(H,100,127)(H,101,130)(H,103,121)(H,104,124)(H,105,128)(H,122,123)(H,134,135)(H,136,137)(H4,91,92,93)(H2,102,106,138)/t39-,40-,41+,42+,51-,52-,53-,54-,55-,56-,57-,58-,59+,60+,61-,65-,66-,67-,68-,69+,70+,71-,72+,73+,74+,86-,90+/m0/s1. The number of unbranched alkanes of at least 4 members (excludes halogenated alkanes) is 1. The lowest BCUT2D eigenvalue weighted by Crippen LogP contribution is -2.70. The van der Waals surface area contributed by atoms with Crippen LogP contribution >= 0.6 is 11.8 Å². The predicted octanol–water partition coefficient (Wildman–Crippen LogP) is -8.48. The Morgan fingerprint density at radius 3 is 1.66 bits per heavy atom. The van der Waals surface area contributed by atoms with Crippen molar-refractivity contribution in [2.75, 3.05) is 58.3 Å². The van der Waals surface area contributed by atoms with Crippen LogP contribution < -0.4 is 80.2 Å². The van der Waals surface area contributed by atoms with Crippen LogP contribution in [0.2, 0.25) is 0 Å². The van der Waals surface area contributed by atoms with Crippen LogP contribution in [-0.2, 0) is 158 Å². The molecule has 7 aliphatic rings. The molecule has 0 radical (unpaired) electrons. The number of ether oxygens (including phenoxy) is 10. The van der Waals surface area contributed by atoms with E-state index in [1.807, 2.05) is 0 Å². The average molecular weight is 2140 g/mol. The fourth-order valence-corrected chi connectivity index (χ4v) is 19.8. The molecule has 832 valence electrons. The second-order valence-electron chi connectivity index (χ2n) is 37.3. The summed E-state index contributed by atoms with van der Waals surface area (Å²) in [5, 5.41) is 95.7. The molecule has 59 heteroatoms.